The summed E-state index contributed by atoms with van der Waals surface area (Å²) in [6, 6.07) is 10.3. The lowest BCUT2D eigenvalue weighted by Gasteiger charge is -2.15. The molecule has 1 atom stereocenters. The van der Waals surface area contributed by atoms with Gasteiger partial charge in [-0.2, -0.15) is 18.3 Å². The average molecular weight is 407 g/mol. The fraction of sp³-hybridized carbons (Fsp3) is 0.211. The Balaban J connectivity index is 1.68. The van der Waals surface area contributed by atoms with Gasteiger partial charge in [-0.15, -0.1) is 11.3 Å². The second kappa shape index (κ2) is 7.97. The highest BCUT2D eigenvalue weighted by Crippen LogP contribution is 2.29. The Morgan fingerprint density at radius 1 is 1.18 bits per heavy atom. The molecule has 0 spiro atoms. The predicted molar refractivity (Wildman–Crippen MR) is 100 cm³/mol. The Morgan fingerprint density at radius 3 is 2.50 bits per heavy atom. The third-order valence-electron chi connectivity index (χ3n) is 4.05. The molecule has 5 nitrogen and oxygen atoms in total. The number of alkyl halides is 3. The van der Waals surface area contributed by atoms with Crippen molar-refractivity contribution in [3.63, 3.8) is 0 Å². The van der Waals surface area contributed by atoms with Crippen LogP contribution >= 0.6 is 11.3 Å². The zero-order valence-corrected chi connectivity index (χ0v) is 15.6. The fourth-order valence-electron chi connectivity index (χ4n) is 2.54. The first-order valence-corrected chi connectivity index (χ1v) is 9.23. The van der Waals surface area contributed by atoms with E-state index in [2.05, 4.69) is 10.4 Å². The van der Waals surface area contributed by atoms with Crippen LogP contribution < -0.4 is 10.9 Å². The van der Waals surface area contributed by atoms with E-state index in [4.69, 9.17) is 0 Å². The number of carbonyl (C=O) groups excluding carboxylic acids is 1. The molecule has 0 aliphatic carbocycles. The van der Waals surface area contributed by atoms with E-state index in [0.717, 1.165) is 29.1 Å². The Kier molecular flexibility index (Phi) is 5.64. The van der Waals surface area contributed by atoms with E-state index in [1.807, 2.05) is 17.5 Å². The maximum absolute atomic E-state index is 12.6. The zero-order chi connectivity index (χ0) is 20.3. The van der Waals surface area contributed by atoms with Crippen molar-refractivity contribution in [3.05, 3.63) is 75.4 Å². The molecule has 3 rings (SSSR count). The van der Waals surface area contributed by atoms with Crippen LogP contribution in [0.1, 0.15) is 28.9 Å². The van der Waals surface area contributed by atoms with Crippen LogP contribution in [-0.2, 0) is 6.18 Å². The van der Waals surface area contributed by atoms with Gasteiger partial charge in [-0.1, -0.05) is 6.07 Å². The van der Waals surface area contributed by atoms with Gasteiger partial charge < -0.3 is 5.32 Å². The van der Waals surface area contributed by atoms with Crippen LogP contribution in [-0.4, -0.2) is 22.2 Å². The first-order chi connectivity index (χ1) is 13.3. The van der Waals surface area contributed by atoms with Gasteiger partial charge in [-0.05, 0) is 48.7 Å². The summed E-state index contributed by atoms with van der Waals surface area (Å²) in [6.45, 7) is 1.82. The minimum absolute atomic E-state index is 0.0979. The highest BCUT2D eigenvalue weighted by atomic mass is 32.1. The van der Waals surface area contributed by atoms with Crippen LogP contribution in [0, 0.1) is 0 Å². The molecule has 1 amide bonds. The number of rotatable bonds is 5. The number of benzene rings is 1. The molecule has 1 unspecified atom stereocenters. The summed E-state index contributed by atoms with van der Waals surface area (Å²) < 4.78 is 39.1. The number of amides is 1. The molecule has 1 N–H and O–H groups in total. The molecule has 0 aliphatic rings. The minimum Gasteiger partial charge on any atom is -0.350 e. The Labute approximate surface area is 162 Å². The topological polar surface area (TPSA) is 64.0 Å². The Morgan fingerprint density at radius 2 is 1.89 bits per heavy atom. The first-order valence-electron chi connectivity index (χ1n) is 8.35. The predicted octanol–water partition coefficient (Wildman–Crippen LogP) is 3.98. The summed E-state index contributed by atoms with van der Waals surface area (Å²) in [6.07, 6.45) is -4.45. The van der Waals surface area contributed by atoms with Gasteiger partial charge in [0.1, 0.15) is 5.69 Å². The first kappa shape index (κ1) is 19.8. The molecule has 3 aromatic rings. The molecular formula is C19H16F3N3O2S. The lowest BCUT2D eigenvalue weighted by molar-refractivity contribution is -0.137. The Bertz CT molecular complexity index is 1010. The second-order valence-corrected chi connectivity index (χ2v) is 7.06. The number of thiophene rings is 1. The molecule has 0 fully saturated rings. The number of nitrogens with one attached hydrogen (secondary N) is 1. The number of aromatic nitrogens is 2. The molecule has 0 aliphatic heterocycles. The summed E-state index contributed by atoms with van der Waals surface area (Å²) in [5, 5.41) is 8.86. The monoisotopic (exact) mass is 407 g/mol. The van der Waals surface area contributed by atoms with Gasteiger partial charge in [-0.3, -0.25) is 9.59 Å². The van der Waals surface area contributed by atoms with Crippen LogP contribution in [0.4, 0.5) is 13.2 Å². The normalized spacial score (nSPS) is 12.6. The maximum Gasteiger partial charge on any atom is 0.416 e. The van der Waals surface area contributed by atoms with E-state index in [0.29, 0.717) is 5.69 Å². The molecule has 146 valence electrons. The highest BCUT2D eigenvalue weighted by Gasteiger charge is 2.30. The van der Waals surface area contributed by atoms with Gasteiger partial charge in [0.25, 0.3) is 11.5 Å². The van der Waals surface area contributed by atoms with E-state index in [1.54, 1.807) is 13.0 Å². The molecule has 0 radical (unpaired) electrons. The van der Waals surface area contributed by atoms with Gasteiger partial charge >= 0.3 is 6.18 Å². The number of halogens is 3. The van der Waals surface area contributed by atoms with Crippen molar-refractivity contribution in [2.45, 2.75) is 19.1 Å². The molecule has 9 heteroatoms. The lowest BCUT2D eigenvalue weighted by Crippen LogP contribution is -2.34. The number of hydrogen-bond donors (Lipinski definition) is 1. The summed E-state index contributed by atoms with van der Waals surface area (Å²) >= 11 is 1.49. The number of nitrogens with zero attached hydrogens (tertiary/aromatic N) is 2. The van der Waals surface area contributed by atoms with Crippen molar-refractivity contribution in [1.29, 1.82) is 0 Å². The van der Waals surface area contributed by atoms with Crippen molar-refractivity contribution in [2.75, 3.05) is 6.54 Å². The van der Waals surface area contributed by atoms with Crippen LogP contribution in [0.3, 0.4) is 0 Å². The summed E-state index contributed by atoms with van der Waals surface area (Å²) in [4.78, 5) is 25.2. The molecule has 28 heavy (non-hydrogen) atoms. The third kappa shape index (κ3) is 4.48. The van der Waals surface area contributed by atoms with Crippen LogP contribution in [0.5, 0.6) is 0 Å². The van der Waals surface area contributed by atoms with Crippen molar-refractivity contribution in [3.8, 4) is 10.6 Å². The maximum atomic E-state index is 12.6. The molecule has 0 saturated heterocycles. The van der Waals surface area contributed by atoms with Gasteiger partial charge in [0, 0.05) is 18.2 Å². The minimum atomic E-state index is -4.45. The smallest absolute Gasteiger partial charge is 0.350 e. The molecular weight excluding hydrogens is 391 g/mol. The van der Waals surface area contributed by atoms with Crippen LogP contribution in [0.25, 0.3) is 10.6 Å². The van der Waals surface area contributed by atoms with E-state index in [9.17, 15) is 22.8 Å². The molecule has 1 aromatic carbocycles. The van der Waals surface area contributed by atoms with Gasteiger partial charge in [0.2, 0.25) is 0 Å². The van der Waals surface area contributed by atoms with Crippen molar-refractivity contribution in [2.24, 2.45) is 0 Å². The number of hydrogen-bond acceptors (Lipinski definition) is 4. The third-order valence-corrected chi connectivity index (χ3v) is 4.94. The quantitative estimate of drug-likeness (QED) is 0.696. The van der Waals surface area contributed by atoms with Crippen molar-refractivity contribution < 1.29 is 18.0 Å². The number of carbonyl (C=O) groups is 1. The zero-order valence-electron chi connectivity index (χ0n) is 14.7. The SMILES string of the molecule is CC(CNC(=O)c1ccc(C(F)(F)F)cc1)n1nc(-c2cccs2)ccc1=O. The van der Waals surface area contributed by atoms with E-state index >= 15 is 0 Å². The molecule has 0 bridgehead atoms. The summed E-state index contributed by atoms with van der Waals surface area (Å²) in [5.41, 5.74) is -0.376. The van der Waals surface area contributed by atoms with E-state index in [-0.39, 0.29) is 17.7 Å². The largest absolute Gasteiger partial charge is 0.416 e. The molecule has 2 aromatic heterocycles. The van der Waals surface area contributed by atoms with Crippen molar-refractivity contribution in [1.82, 2.24) is 15.1 Å². The van der Waals surface area contributed by atoms with E-state index in [1.165, 1.54) is 22.1 Å². The second-order valence-electron chi connectivity index (χ2n) is 6.11. The fourth-order valence-corrected chi connectivity index (χ4v) is 3.23. The summed E-state index contributed by atoms with van der Waals surface area (Å²) in [7, 11) is 0. The lowest BCUT2D eigenvalue weighted by atomic mass is 10.1. The van der Waals surface area contributed by atoms with Gasteiger partial charge in [0.05, 0.1) is 16.5 Å². The van der Waals surface area contributed by atoms with Crippen molar-refractivity contribution >= 4 is 17.2 Å². The average Bonchev–Trinajstić information content (AvgIpc) is 3.20. The molecule has 0 saturated carbocycles. The standard InChI is InChI=1S/C19H16F3N3O2S/c1-12(25-17(26)9-8-15(24-25)16-3-2-10-28-16)11-23-18(27)13-4-6-14(7-5-13)19(20,21)22/h2-10,12H,11H2,1H3,(H,23,27). The van der Waals surface area contributed by atoms with E-state index < -0.39 is 23.7 Å². The van der Waals surface area contributed by atoms with Crippen LogP contribution in [0.15, 0.2) is 58.7 Å². The van der Waals surface area contributed by atoms with Crippen LogP contribution in [0.2, 0.25) is 0 Å². The summed E-state index contributed by atoms with van der Waals surface area (Å²) in [5.74, 6) is -0.525. The Hall–Kier alpha value is -2.94. The van der Waals surface area contributed by atoms with Gasteiger partial charge in [0.15, 0.2) is 0 Å². The highest BCUT2D eigenvalue weighted by molar-refractivity contribution is 7.13. The molecule has 2 heterocycles. The van der Waals surface area contributed by atoms with Gasteiger partial charge in [-0.25, -0.2) is 4.68 Å².